The van der Waals surface area contributed by atoms with E-state index >= 15 is 0 Å². The summed E-state index contributed by atoms with van der Waals surface area (Å²) in [5, 5.41) is 11.2. The average molecular weight is 771 g/mol. The smallest absolute Gasteiger partial charge is 0.319 e. The highest BCUT2D eigenvalue weighted by Gasteiger charge is 2.45. The Morgan fingerprint density at radius 3 is 2.16 bits per heavy atom. The summed E-state index contributed by atoms with van der Waals surface area (Å²) < 4.78 is 5.83. The molecule has 12 nitrogen and oxygen atoms in total. The molecule has 3 N–H and O–H groups in total. The second-order valence-corrected chi connectivity index (χ2v) is 15.0. The molecule has 3 unspecified atom stereocenters. The molecular formula is C45H50N6O6. The largest absolute Gasteiger partial charge is 0.457 e. The molecule has 3 aliphatic heterocycles. The summed E-state index contributed by atoms with van der Waals surface area (Å²) in [7, 11) is 0. The van der Waals surface area contributed by atoms with Gasteiger partial charge in [0.2, 0.25) is 11.8 Å². The normalized spacial score (nSPS) is 20.5. The molecule has 4 aromatic carbocycles. The minimum Gasteiger partial charge on any atom is -0.457 e. The number of piperidine rings is 1. The average Bonchev–Trinajstić information content (AvgIpc) is 3.35. The summed E-state index contributed by atoms with van der Waals surface area (Å²) in [5.74, 6) is 0.00745. The Morgan fingerprint density at radius 2 is 1.42 bits per heavy atom. The van der Waals surface area contributed by atoms with Crippen LogP contribution in [0.25, 0.3) is 0 Å². The highest BCUT2D eigenvalue weighted by Crippen LogP contribution is 2.28. The molecule has 4 atom stereocenters. The van der Waals surface area contributed by atoms with Crippen LogP contribution < -0.4 is 20.7 Å². The molecule has 296 valence electrons. The predicted octanol–water partition coefficient (Wildman–Crippen LogP) is 6.41. The Morgan fingerprint density at radius 1 is 0.737 bits per heavy atom. The van der Waals surface area contributed by atoms with Gasteiger partial charge >= 0.3 is 6.03 Å². The topological polar surface area (TPSA) is 140 Å². The number of hydrogen-bond acceptors (Lipinski definition) is 7. The Kier molecular flexibility index (Phi) is 12.9. The van der Waals surface area contributed by atoms with Crippen molar-refractivity contribution in [1.29, 1.82) is 0 Å². The van der Waals surface area contributed by atoms with Gasteiger partial charge in [0.1, 0.15) is 29.4 Å². The van der Waals surface area contributed by atoms with Gasteiger partial charge in [-0.1, -0.05) is 85.3 Å². The van der Waals surface area contributed by atoms with E-state index in [1.54, 1.807) is 24.3 Å². The van der Waals surface area contributed by atoms with Crippen molar-refractivity contribution < 1.29 is 28.7 Å². The van der Waals surface area contributed by atoms with Gasteiger partial charge in [-0.05, 0) is 92.6 Å². The molecule has 3 aliphatic rings. The Balaban J connectivity index is 1.01. The van der Waals surface area contributed by atoms with Crippen LogP contribution >= 0.6 is 0 Å². The summed E-state index contributed by atoms with van der Waals surface area (Å²) in [6.07, 6.45) is 5.09. The summed E-state index contributed by atoms with van der Waals surface area (Å²) in [6.45, 7) is 1.41. The van der Waals surface area contributed by atoms with Crippen molar-refractivity contribution in [1.82, 2.24) is 25.6 Å². The van der Waals surface area contributed by atoms with Crippen LogP contribution in [0.2, 0.25) is 0 Å². The molecule has 0 aliphatic carbocycles. The van der Waals surface area contributed by atoms with Crippen LogP contribution in [0.3, 0.4) is 0 Å². The number of nitrogens with zero attached hydrogens (tertiary/aromatic N) is 3. The fourth-order valence-electron chi connectivity index (χ4n) is 8.07. The van der Waals surface area contributed by atoms with Gasteiger partial charge in [-0.3, -0.25) is 29.1 Å². The lowest BCUT2D eigenvalue weighted by atomic mass is 9.94. The number of para-hydroxylation sites is 1. The highest BCUT2D eigenvalue weighted by molar-refractivity contribution is 5.97. The number of Topliss-reactive ketones (excluding diaryl/α,β-unsaturated/α-hetero) is 1. The van der Waals surface area contributed by atoms with Gasteiger partial charge in [0.25, 0.3) is 5.91 Å². The molecule has 3 heterocycles. The van der Waals surface area contributed by atoms with Crippen molar-refractivity contribution in [3.63, 3.8) is 0 Å². The van der Waals surface area contributed by atoms with Gasteiger partial charge in [-0.15, -0.1) is 0 Å². The standard InChI is InChI=1S/C45H50N6O6/c52-36(31-49-27-11-10-17-35(49)29-32-13-4-1-5-14-32)30-40(33-15-6-2-7-16-33)47-43(54)41-20-12-28-50-42(53)26-25-39(44(55)51(41)50)48-45(56)46-34-21-23-38(24-22-34)57-37-18-8-3-9-19-37/h1-9,13-16,18-19,21-24,35,39-41H,10-12,17,20,25-31H2,(H,47,54)(H2,46,48,56)/t35?,39?,40?,41-/m0/s1. The SMILES string of the molecule is O=C(CC(NC(=O)[C@@H]1CCCN2C(=O)CCC(NC(=O)Nc3ccc(Oc4ccccc4)cc3)C(=O)N12)c1ccccc1)CN1CCCCC1Cc1ccccc1. The number of anilines is 1. The maximum atomic E-state index is 14.3. The highest BCUT2D eigenvalue weighted by atomic mass is 16.5. The second-order valence-electron chi connectivity index (χ2n) is 15.0. The molecule has 12 heteroatoms. The first-order valence-corrected chi connectivity index (χ1v) is 20.0. The third kappa shape index (κ3) is 10.2. The monoisotopic (exact) mass is 770 g/mol. The number of ether oxygens (including phenoxy) is 1. The number of carbonyl (C=O) groups excluding carboxylic acids is 5. The number of amides is 5. The number of nitrogens with one attached hydrogen (secondary N) is 3. The molecule has 5 amide bonds. The van der Waals surface area contributed by atoms with E-state index in [2.05, 4.69) is 33.0 Å². The molecule has 0 radical (unpaired) electrons. The number of carbonyl (C=O) groups is 5. The number of benzene rings is 4. The molecular weight excluding hydrogens is 721 g/mol. The first-order chi connectivity index (χ1) is 27.8. The van der Waals surface area contributed by atoms with Gasteiger partial charge in [0.05, 0.1) is 12.6 Å². The lowest BCUT2D eigenvalue weighted by Crippen LogP contribution is -2.64. The van der Waals surface area contributed by atoms with Crippen LogP contribution in [0.15, 0.2) is 115 Å². The molecule has 0 bridgehead atoms. The zero-order chi connectivity index (χ0) is 39.6. The summed E-state index contributed by atoms with van der Waals surface area (Å²) >= 11 is 0. The van der Waals surface area contributed by atoms with E-state index in [0.29, 0.717) is 30.0 Å². The lowest BCUT2D eigenvalue weighted by molar-refractivity contribution is -0.176. The van der Waals surface area contributed by atoms with Crippen LogP contribution in [0.1, 0.15) is 68.5 Å². The third-order valence-electron chi connectivity index (χ3n) is 11.0. The van der Waals surface area contributed by atoms with Crippen molar-refractivity contribution >= 4 is 35.2 Å². The predicted molar refractivity (Wildman–Crippen MR) is 216 cm³/mol. The van der Waals surface area contributed by atoms with E-state index in [9.17, 15) is 24.0 Å². The van der Waals surface area contributed by atoms with Crippen molar-refractivity contribution in [2.75, 3.05) is 25.0 Å². The van der Waals surface area contributed by atoms with E-state index in [-0.39, 0.29) is 50.1 Å². The Hall–Kier alpha value is -6.01. The number of ketones is 1. The number of likely N-dealkylation sites (tertiary alicyclic amines) is 1. The minimum absolute atomic E-state index is 0.0176. The lowest BCUT2D eigenvalue weighted by Gasteiger charge is -2.43. The first-order valence-electron chi connectivity index (χ1n) is 20.0. The number of fused-ring (bicyclic) bond motifs is 1. The van der Waals surface area contributed by atoms with Crippen LogP contribution in [-0.4, -0.2) is 82.2 Å². The first kappa shape index (κ1) is 39.2. The molecule has 3 fully saturated rings. The molecule has 0 aromatic heterocycles. The number of hydrogen-bond donors (Lipinski definition) is 3. The number of urea groups is 1. The van der Waals surface area contributed by atoms with Crippen LogP contribution in [-0.2, 0) is 25.6 Å². The number of rotatable bonds is 13. The van der Waals surface area contributed by atoms with Gasteiger partial charge in [0.15, 0.2) is 0 Å². The molecule has 3 saturated heterocycles. The van der Waals surface area contributed by atoms with Gasteiger partial charge in [-0.2, -0.15) is 0 Å². The third-order valence-corrected chi connectivity index (χ3v) is 11.0. The zero-order valence-corrected chi connectivity index (χ0v) is 32.1. The quantitative estimate of drug-likeness (QED) is 0.143. The summed E-state index contributed by atoms with van der Waals surface area (Å²) in [6, 6.07) is 32.8. The van der Waals surface area contributed by atoms with E-state index < -0.39 is 36.0 Å². The molecule has 7 rings (SSSR count). The Labute approximate surface area is 333 Å². The maximum absolute atomic E-state index is 14.3. The Bertz CT molecular complexity index is 2000. The van der Waals surface area contributed by atoms with Gasteiger partial charge < -0.3 is 20.7 Å². The maximum Gasteiger partial charge on any atom is 0.319 e. The van der Waals surface area contributed by atoms with E-state index in [1.165, 1.54) is 15.6 Å². The fraction of sp³-hybridized carbons (Fsp3) is 0.356. The van der Waals surface area contributed by atoms with Crippen molar-refractivity contribution in [3.05, 3.63) is 126 Å². The van der Waals surface area contributed by atoms with Crippen LogP contribution in [0, 0.1) is 0 Å². The van der Waals surface area contributed by atoms with E-state index in [1.807, 2.05) is 78.9 Å². The van der Waals surface area contributed by atoms with Crippen LogP contribution in [0.4, 0.5) is 10.5 Å². The zero-order valence-electron chi connectivity index (χ0n) is 32.1. The van der Waals surface area contributed by atoms with Gasteiger partial charge in [0, 0.05) is 31.1 Å². The van der Waals surface area contributed by atoms with Crippen molar-refractivity contribution in [3.8, 4) is 11.5 Å². The summed E-state index contributed by atoms with van der Waals surface area (Å²) in [5.41, 5.74) is 2.51. The van der Waals surface area contributed by atoms with Crippen molar-refractivity contribution in [2.45, 2.75) is 82.0 Å². The fourth-order valence-corrected chi connectivity index (χ4v) is 8.07. The van der Waals surface area contributed by atoms with Gasteiger partial charge in [-0.25, -0.2) is 9.80 Å². The van der Waals surface area contributed by atoms with Crippen LogP contribution in [0.5, 0.6) is 11.5 Å². The molecule has 4 aromatic rings. The number of hydrazine groups is 1. The van der Waals surface area contributed by atoms with E-state index in [0.717, 1.165) is 37.8 Å². The summed E-state index contributed by atoms with van der Waals surface area (Å²) in [4.78, 5) is 71.1. The molecule has 57 heavy (non-hydrogen) atoms. The second kappa shape index (κ2) is 18.8. The molecule has 0 saturated carbocycles. The van der Waals surface area contributed by atoms with E-state index in [4.69, 9.17) is 4.74 Å². The van der Waals surface area contributed by atoms with Crippen molar-refractivity contribution in [2.24, 2.45) is 0 Å². The molecule has 0 spiro atoms. The minimum atomic E-state index is -1.05.